The normalized spacial score (nSPS) is 24.7. The highest BCUT2D eigenvalue weighted by Gasteiger charge is 2.34. The summed E-state index contributed by atoms with van der Waals surface area (Å²) in [5.41, 5.74) is 3.90. The lowest BCUT2D eigenvalue weighted by Gasteiger charge is -2.46. The minimum absolute atomic E-state index is 0.113. The maximum Gasteiger partial charge on any atom is 0.118 e. The zero-order valence-electron chi connectivity index (χ0n) is 15.0. The van der Waals surface area contributed by atoms with Crippen molar-refractivity contribution in [1.82, 2.24) is 9.80 Å². The van der Waals surface area contributed by atoms with E-state index in [2.05, 4.69) is 42.7 Å². The standard InChI is InChI=1S/C19H27N3O2/c1-13-14(2)20-15(3)22-10-17(12-23)21(11-19(13)22)9-16-5-7-18(24-4)8-6-16/h5-8,14,17,23H,9-12H2,1-4H3/t14-,17-/m0/s1. The average molecular weight is 329 g/mol. The molecule has 3 rings (SSSR count). The number of piperazine rings is 1. The summed E-state index contributed by atoms with van der Waals surface area (Å²) < 4.78 is 5.23. The summed E-state index contributed by atoms with van der Waals surface area (Å²) in [6, 6.07) is 8.52. The Morgan fingerprint density at radius 3 is 2.58 bits per heavy atom. The van der Waals surface area contributed by atoms with Gasteiger partial charge in [0, 0.05) is 25.3 Å². The first-order chi connectivity index (χ1) is 11.5. The third-order valence-corrected chi connectivity index (χ3v) is 5.20. The van der Waals surface area contributed by atoms with Gasteiger partial charge in [-0.15, -0.1) is 0 Å². The number of fused-ring (bicyclic) bond motifs is 1. The lowest BCUT2D eigenvalue weighted by Crippen LogP contribution is -2.55. The van der Waals surface area contributed by atoms with Crippen LogP contribution in [0.2, 0.25) is 0 Å². The number of hydrogen-bond donors (Lipinski definition) is 1. The van der Waals surface area contributed by atoms with Crippen LogP contribution in [0.1, 0.15) is 26.3 Å². The number of aliphatic imine (C=N–C) groups is 1. The van der Waals surface area contributed by atoms with Crippen LogP contribution in [0, 0.1) is 0 Å². The smallest absolute Gasteiger partial charge is 0.118 e. The quantitative estimate of drug-likeness (QED) is 0.921. The molecule has 0 aliphatic carbocycles. The molecule has 2 aliphatic rings. The molecule has 130 valence electrons. The molecular formula is C19H27N3O2. The van der Waals surface area contributed by atoms with Crippen LogP contribution < -0.4 is 4.74 Å². The summed E-state index contributed by atoms with van der Waals surface area (Å²) >= 11 is 0. The van der Waals surface area contributed by atoms with E-state index >= 15 is 0 Å². The molecule has 0 amide bonds. The Morgan fingerprint density at radius 1 is 1.25 bits per heavy atom. The van der Waals surface area contributed by atoms with Crippen molar-refractivity contribution in [2.45, 2.75) is 39.4 Å². The fourth-order valence-corrected chi connectivity index (χ4v) is 3.52. The monoisotopic (exact) mass is 329 g/mol. The van der Waals surface area contributed by atoms with E-state index in [0.29, 0.717) is 0 Å². The molecule has 5 heteroatoms. The topological polar surface area (TPSA) is 48.3 Å². The van der Waals surface area contributed by atoms with Gasteiger partial charge in [-0.3, -0.25) is 9.89 Å². The van der Waals surface area contributed by atoms with E-state index in [-0.39, 0.29) is 18.7 Å². The third kappa shape index (κ3) is 3.19. The van der Waals surface area contributed by atoms with Gasteiger partial charge in [0.1, 0.15) is 11.6 Å². The van der Waals surface area contributed by atoms with Crippen molar-refractivity contribution in [2.75, 3.05) is 26.8 Å². The Hall–Kier alpha value is -1.85. The number of hydrogen-bond acceptors (Lipinski definition) is 5. The largest absolute Gasteiger partial charge is 0.497 e. The van der Waals surface area contributed by atoms with Gasteiger partial charge < -0.3 is 14.7 Å². The molecule has 24 heavy (non-hydrogen) atoms. The van der Waals surface area contributed by atoms with E-state index in [1.165, 1.54) is 16.8 Å². The van der Waals surface area contributed by atoms with Gasteiger partial charge in [0.15, 0.2) is 0 Å². The number of amidine groups is 1. The van der Waals surface area contributed by atoms with Crippen molar-refractivity contribution < 1.29 is 9.84 Å². The van der Waals surface area contributed by atoms with Crippen LogP contribution in [0.5, 0.6) is 5.75 Å². The van der Waals surface area contributed by atoms with E-state index in [4.69, 9.17) is 9.73 Å². The van der Waals surface area contributed by atoms with Crippen LogP contribution in [-0.4, -0.2) is 59.6 Å². The Balaban J connectivity index is 1.81. The summed E-state index contributed by atoms with van der Waals surface area (Å²) in [5, 5.41) is 9.87. The minimum Gasteiger partial charge on any atom is -0.497 e. The molecule has 1 N–H and O–H groups in total. The van der Waals surface area contributed by atoms with Gasteiger partial charge in [-0.05, 0) is 44.0 Å². The zero-order chi connectivity index (χ0) is 17.3. The van der Waals surface area contributed by atoms with Crippen molar-refractivity contribution in [3.05, 3.63) is 41.1 Å². The first-order valence-corrected chi connectivity index (χ1v) is 8.53. The highest BCUT2D eigenvalue weighted by molar-refractivity contribution is 5.83. The van der Waals surface area contributed by atoms with Crippen LogP contribution in [0.15, 0.2) is 40.5 Å². The molecule has 1 aromatic carbocycles. The van der Waals surface area contributed by atoms with Gasteiger partial charge in [0.05, 0.1) is 25.8 Å². The van der Waals surface area contributed by atoms with Crippen molar-refractivity contribution in [1.29, 1.82) is 0 Å². The molecule has 0 bridgehead atoms. The van der Waals surface area contributed by atoms with Crippen molar-refractivity contribution in [3.63, 3.8) is 0 Å². The molecular weight excluding hydrogens is 302 g/mol. The number of benzene rings is 1. The summed E-state index contributed by atoms with van der Waals surface area (Å²) in [7, 11) is 1.68. The number of nitrogens with zero attached hydrogens (tertiary/aromatic N) is 3. The van der Waals surface area contributed by atoms with Crippen molar-refractivity contribution >= 4 is 5.84 Å². The lowest BCUT2D eigenvalue weighted by atomic mass is 10.00. The summed E-state index contributed by atoms with van der Waals surface area (Å²) in [6.07, 6.45) is 0. The SMILES string of the molecule is COc1ccc(CN2CC3=C(C)[C@H](C)N=C(C)N3C[C@H]2CO)cc1. The van der Waals surface area contributed by atoms with Gasteiger partial charge in [-0.25, -0.2) is 0 Å². The molecule has 0 radical (unpaired) electrons. The number of rotatable bonds is 4. The molecule has 5 nitrogen and oxygen atoms in total. The predicted molar refractivity (Wildman–Crippen MR) is 96.3 cm³/mol. The Labute approximate surface area is 144 Å². The number of ether oxygens (including phenoxy) is 1. The highest BCUT2D eigenvalue weighted by atomic mass is 16.5. The van der Waals surface area contributed by atoms with Crippen LogP contribution in [0.25, 0.3) is 0 Å². The summed E-state index contributed by atoms with van der Waals surface area (Å²) in [4.78, 5) is 9.36. The second kappa shape index (κ2) is 6.95. The molecule has 0 unspecified atom stereocenters. The van der Waals surface area contributed by atoms with Gasteiger partial charge in [-0.1, -0.05) is 12.1 Å². The van der Waals surface area contributed by atoms with Crippen molar-refractivity contribution in [2.24, 2.45) is 4.99 Å². The Bertz CT molecular complexity index is 651. The first-order valence-electron chi connectivity index (χ1n) is 8.53. The maximum atomic E-state index is 9.87. The molecule has 0 spiro atoms. The maximum absolute atomic E-state index is 9.87. The zero-order valence-corrected chi connectivity index (χ0v) is 15.0. The van der Waals surface area contributed by atoms with Gasteiger partial charge >= 0.3 is 0 Å². The molecule has 2 atom stereocenters. The summed E-state index contributed by atoms with van der Waals surface area (Å²) in [6.45, 7) is 9.01. The van der Waals surface area contributed by atoms with Crippen LogP contribution >= 0.6 is 0 Å². The Kier molecular flexibility index (Phi) is 4.92. The first kappa shape index (κ1) is 17.0. The van der Waals surface area contributed by atoms with Crippen LogP contribution in [0.3, 0.4) is 0 Å². The number of methoxy groups -OCH3 is 1. The van der Waals surface area contributed by atoms with Gasteiger partial charge in [0.25, 0.3) is 0 Å². The van der Waals surface area contributed by atoms with Crippen LogP contribution in [-0.2, 0) is 6.54 Å². The van der Waals surface area contributed by atoms with E-state index in [9.17, 15) is 5.11 Å². The molecule has 2 heterocycles. The van der Waals surface area contributed by atoms with Gasteiger partial charge in [-0.2, -0.15) is 0 Å². The second-order valence-corrected chi connectivity index (χ2v) is 6.68. The number of aliphatic hydroxyl groups excluding tert-OH is 1. The predicted octanol–water partition coefficient (Wildman–Crippen LogP) is 2.27. The minimum atomic E-state index is 0.113. The molecule has 2 aliphatic heterocycles. The Morgan fingerprint density at radius 2 is 1.96 bits per heavy atom. The van der Waals surface area contributed by atoms with E-state index in [0.717, 1.165) is 31.2 Å². The fraction of sp³-hybridized carbons (Fsp3) is 0.526. The van der Waals surface area contributed by atoms with E-state index < -0.39 is 0 Å². The van der Waals surface area contributed by atoms with Crippen molar-refractivity contribution in [3.8, 4) is 5.75 Å². The molecule has 1 saturated heterocycles. The second-order valence-electron chi connectivity index (χ2n) is 6.68. The lowest BCUT2D eigenvalue weighted by molar-refractivity contribution is 0.0794. The third-order valence-electron chi connectivity index (χ3n) is 5.20. The van der Waals surface area contributed by atoms with E-state index in [1.807, 2.05) is 12.1 Å². The molecule has 1 fully saturated rings. The van der Waals surface area contributed by atoms with E-state index in [1.54, 1.807) is 7.11 Å². The fourth-order valence-electron chi connectivity index (χ4n) is 3.52. The molecule has 0 aromatic heterocycles. The average Bonchev–Trinajstić information content (AvgIpc) is 2.60. The molecule has 1 aromatic rings. The van der Waals surface area contributed by atoms with Crippen LogP contribution in [0.4, 0.5) is 0 Å². The molecule has 0 saturated carbocycles. The summed E-state index contributed by atoms with van der Waals surface area (Å²) in [5.74, 6) is 1.93. The van der Waals surface area contributed by atoms with Gasteiger partial charge in [0.2, 0.25) is 0 Å². The highest BCUT2D eigenvalue weighted by Crippen LogP contribution is 2.29. The number of aliphatic hydroxyl groups is 1.